The molecule has 5 rings (SSSR count). The topological polar surface area (TPSA) is 125 Å². The van der Waals surface area contributed by atoms with Gasteiger partial charge >= 0.3 is 5.97 Å². The first-order chi connectivity index (χ1) is 21.5. The van der Waals surface area contributed by atoms with Gasteiger partial charge in [-0.1, -0.05) is 54.1 Å². The van der Waals surface area contributed by atoms with Crippen LogP contribution in [0.3, 0.4) is 0 Å². The SMILES string of the molecule is COC(=O)C1=C(C)NC(C)=C(C(=O)NCC(C)(C)NCC(O)COc2cccc3[nH]c4ccccc4c23)C1c1ccccc1Cl. The molecule has 1 aliphatic rings. The van der Waals surface area contributed by atoms with E-state index in [9.17, 15) is 14.7 Å². The van der Waals surface area contributed by atoms with Gasteiger partial charge in [-0.2, -0.15) is 0 Å². The summed E-state index contributed by atoms with van der Waals surface area (Å²) in [6.07, 6.45) is -0.798. The molecule has 2 unspecified atom stereocenters. The number of hydrogen-bond acceptors (Lipinski definition) is 7. The lowest BCUT2D eigenvalue weighted by molar-refractivity contribution is -0.136. The number of carbonyl (C=O) groups excluding carboxylic acids is 2. The minimum atomic E-state index is -0.798. The van der Waals surface area contributed by atoms with Crippen molar-refractivity contribution in [2.75, 3.05) is 26.8 Å². The number of para-hydroxylation sites is 1. The number of aliphatic hydroxyl groups excluding tert-OH is 1. The Labute approximate surface area is 267 Å². The van der Waals surface area contributed by atoms with E-state index in [4.69, 9.17) is 21.1 Å². The minimum Gasteiger partial charge on any atom is -0.490 e. The third kappa shape index (κ3) is 6.86. The molecule has 0 saturated carbocycles. The maximum absolute atomic E-state index is 13.8. The molecule has 236 valence electrons. The quantitative estimate of drug-likeness (QED) is 0.142. The number of carbonyl (C=O) groups is 2. The Hall–Kier alpha value is -4.31. The van der Waals surface area contributed by atoms with Crippen molar-refractivity contribution in [2.45, 2.75) is 45.3 Å². The third-order valence-corrected chi connectivity index (χ3v) is 8.40. The number of esters is 1. The number of amides is 1. The maximum atomic E-state index is 13.8. The average molecular weight is 631 g/mol. The van der Waals surface area contributed by atoms with Crippen molar-refractivity contribution in [3.8, 4) is 5.75 Å². The van der Waals surface area contributed by atoms with Crippen LogP contribution in [0.25, 0.3) is 21.8 Å². The second-order valence-electron chi connectivity index (χ2n) is 11.9. The monoisotopic (exact) mass is 630 g/mol. The number of methoxy groups -OCH3 is 1. The van der Waals surface area contributed by atoms with Gasteiger partial charge in [0.2, 0.25) is 5.91 Å². The van der Waals surface area contributed by atoms with Gasteiger partial charge in [0.25, 0.3) is 0 Å². The summed E-state index contributed by atoms with van der Waals surface area (Å²) in [5.41, 5.74) is 3.96. The van der Waals surface area contributed by atoms with Crippen LogP contribution in [0.1, 0.15) is 39.2 Å². The van der Waals surface area contributed by atoms with Crippen LogP contribution in [0.4, 0.5) is 0 Å². The van der Waals surface area contributed by atoms with Gasteiger partial charge in [-0.25, -0.2) is 4.79 Å². The first kappa shape index (κ1) is 32.1. The lowest BCUT2D eigenvalue weighted by atomic mass is 9.80. The van der Waals surface area contributed by atoms with Gasteiger partial charge in [0.1, 0.15) is 18.5 Å². The summed E-state index contributed by atoms with van der Waals surface area (Å²) in [6.45, 7) is 8.02. The lowest BCUT2D eigenvalue weighted by Gasteiger charge is -2.33. The molecule has 3 aromatic carbocycles. The second-order valence-corrected chi connectivity index (χ2v) is 12.3. The number of β-amino-alcohol motifs (C(OH)–C–C–N with tert-alkyl or cyclic N) is 1. The highest BCUT2D eigenvalue weighted by Crippen LogP contribution is 2.41. The van der Waals surface area contributed by atoms with Crippen LogP contribution in [0.5, 0.6) is 5.75 Å². The molecule has 5 N–H and O–H groups in total. The molecule has 2 heterocycles. The molecule has 9 nitrogen and oxygen atoms in total. The number of aliphatic hydroxyl groups is 1. The van der Waals surface area contributed by atoms with E-state index in [2.05, 4.69) is 20.9 Å². The first-order valence-electron chi connectivity index (χ1n) is 14.9. The molecule has 0 radical (unpaired) electrons. The van der Waals surface area contributed by atoms with E-state index in [-0.39, 0.29) is 25.6 Å². The molecular formula is C35H39ClN4O5. The second kappa shape index (κ2) is 13.4. The van der Waals surface area contributed by atoms with Crippen LogP contribution in [-0.2, 0) is 14.3 Å². The van der Waals surface area contributed by atoms with E-state index in [1.807, 2.05) is 68.4 Å². The molecule has 45 heavy (non-hydrogen) atoms. The van der Waals surface area contributed by atoms with E-state index in [0.29, 0.717) is 38.9 Å². The van der Waals surface area contributed by atoms with Crippen molar-refractivity contribution in [2.24, 2.45) is 0 Å². The fourth-order valence-electron chi connectivity index (χ4n) is 5.78. The van der Waals surface area contributed by atoms with Crippen LogP contribution in [0.2, 0.25) is 5.02 Å². The number of H-pyrrole nitrogens is 1. The number of fused-ring (bicyclic) bond motifs is 3. The fraction of sp³-hybridized carbons (Fsp3) is 0.314. The molecular weight excluding hydrogens is 592 g/mol. The third-order valence-electron chi connectivity index (χ3n) is 8.06. The molecule has 0 bridgehead atoms. The number of dihydropyridines is 1. The number of rotatable bonds is 11. The molecule has 0 fully saturated rings. The van der Waals surface area contributed by atoms with Gasteiger partial charge < -0.3 is 35.5 Å². The van der Waals surface area contributed by atoms with Crippen LogP contribution >= 0.6 is 11.6 Å². The molecule has 4 aromatic rings. The summed E-state index contributed by atoms with van der Waals surface area (Å²) in [7, 11) is 1.31. The van der Waals surface area contributed by atoms with E-state index >= 15 is 0 Å². The molecule has 0 spiro atoms. The Kier molecular flexibility index (Phi) is 9.53. The highest BCUT2D eigenvalue weighted by atomic mass is 35.5. The molecule has 0 saturated heterocycles. The summed E-state index contributed by atoms with van der Waals surface area (Å²) < 4.78 is 11.2. The van der Waals surface area contributed by atoms with Gasteiger partial charge in [-0.3, -0.25) is 4.79 Å². The number of aromatic nitrogens is 1. The Morgan fingerprint density at radius 1 is 0.978 bits per heavy atom. The molecule has 2 atom stereocenters. The van der Waals surface area contributed by atoms with Crippen molar-refractivity contribution in [1.29, 1.82) is 0 Å². The predicted molar refractivity (Wildman–Crippen MR) is 177 cm³/mol. The lowest BCUT2D eigenvalue weighted by Crippen LogP contribution is -2.52. The Morgan fingerprint density at radius 3 is 2.42 bits per heavy atom. The number of allylic oxidation sites excluding steroid dienone is 2. The molecule has 1 aromatic heterocycles. The summed E-state index contributed by atoms with van der Waals surface area (Å²) in [5, 5.41) is 22.8. The molecule has 1 aliphatic heterocycles. The van der Waals surface area contributed by atoms with E-state index < -0.39 is 23.5 Å². The van der Waals surface area contributed by atoms with Gasteiger partial charge in [0.15, 0.2) is 0 Å². The zero-order valence-electron chi connectivity index (χ0n) is 26.1. The largest absolute Gasteiger partial charge is 0.490 e. The van der Waals surface area contributed by atoms with Gasteiger partial charge in [-0.05, 0) is 57.5 Å². The average Bonchev–Trinajstić information content (AvgIpc) is 3.41. The standard InChI is InChI=1S/C35H39ClN4O5/c1-20-29(32(23-11-6-8-13-25(23)36)30(21(2)39-20)34(43)44-5)33(42)37-19-35(3,4)38-17-22(41)18-45-28-16-10-15-27-31(28)24-12-7-9-14-26(24)40-27/h6-16,22,32,38-41H,17-19H2,1-5H3,(H,37,42). The maximum Gasteiger partial charge on any atom is 0.336 e. The highest BCUT2D eigenvalue weighted by Gasteiger charge is 2.38. The number of ether oxygens (including phenoxy) is 2. The van der Waals surface area contributed by atoms with Gasteiger partial charge in [0.05, 0.1) is 24.1 Å². The zero-order valence-corrected chi connectivity index (χ0v) is 26.8. The summed E-state index contributed by atoms with van der Waals surface area (Å²) >= 11 is 6.58. The molecule has 10 heteroatoms. The minimum absolute atomic E-state index is 0.0906. The predicted octanol–water partition coefficient (Wildman–Crippen LogP) is 5.31. The van der Waals surface area contributed by atoms with Crippen LogP contribution < -0.4 is 20.7 Å². The number of hydrogen-bond donors (Lipinski definition) is 5. The molecule has 0 aliphatic carbocycles. The zero-order chi connectivity index (χ0) is 32.3. The van der Waals surface area contributed by atoms with E-state index in [1.54, 1.807) is 26.0 Å². The number of benzene rings is 3. The van der Waals surface area contributed by atoms with Crippen molar-refractivity contribution < 1.29 is 24.2 Å². The fourth-order valence-corrected chi connectivity index (χ4v) is 6.03. The summed E-state index contributed by atoms with van der Waals surface area (Å²) in [5.74, 6) is -0.903. The van der Waals surface area contributed by atoms with Crippen LogP contribution in [0.15, 0.2) is 89.3 Å². The van der Waals surface area contributed by atoms with Crippen LogP contribution in [0, 0.1) is 0 Å². The van der Waals surface area contributed by atoms with E-state index in [1.165, 1.54) is 7.11 Å². The normalized spacial score (nSPS) is 16.1. The number of aromatic amines is 1. The number of halogens is 1. The smallest absolute Gasteiger partial charge is 0.336 e. The first-order valence-corrected chi connectivity index (χ1v) is 15.2. The van der Waals surface area contributed by atoms with Crippen molar-refractivity contribution in [3.63, 3.8) is 0 Å². The summed E-state index contributed by atoms with van der Waals surface area (Å²) in [4.78, 5) is 30.1. The van der Waals surface area contributed by atoms with Crippen molar-refractivity contribution in [1.82, 2.24) is 20.9 Å². The summed E-state index contributed by atoms with van der Waals surface area (Å²) in [6, 6.07) is 21.0. The Balaban J connectivity index is 1.23. The van der Waals surface area contributed by atoms with Crippen molar-refractivity contribution in [3.05, 3.63) is 99.9 Å². The highest BCUT2D eigenvalue weighted by molar-refractivity contribution is 6.31. The Bertz CT molecular complexity index is 1810. The van der Waals surface area contributed by atoms with Gasteiger partial charge in [0, 0.05) is 56.9 Å². The Morgan fingerprint density at radius 2 is 1.67 bits per heavy atom. The van der Waals surface area contributed by atoms with Crippen LogP contribution in [-0.4, -0.2) is 60.4 Å². The van der Waals surface area contributed by atoms with Gasteiger partial charge in [-0.15, -0.1) is 0 Å². The van der Waals surface area contributed by atoms with Crippen molar-refractivity contribution >= 4 is 45.3 Å². The number of nitrogens with one attached hydrogen (secondary N) is 4. The van der Waals surface area contributed by atoms with E-state index in [0.717, 1.165) is 21.8 Å². The molecule has 1 amide bonds.